The van der Waals surface area contributed by atoms with Crippen molar-refractivity contribution in [2.24, 2.45) is 0 Å². The Balaban J connectivity index is 1.42. The smallest absolute Gasteiger partial charge is 0.407 e. The van der Waals surface area contributed by atoms with E-state index >= 15 is 0 Å². The second-order valence-electron chi connectivity index (χ2n) is 9.17. The monoisotopic (exact) mass is 466 g/mol. The summed E-state index contributed by atoms with van der Waals surface area (Å²) in [5.74, 6) is 1.41. The average molecular weight is 467 g/mol. The molecule has 3 amide bonds. The second-order valence-corrected chi connectivity index (χ2v) is 9.17. The highest BCUT2D eigenvalue weighted by atomic mass is 16.5. The van der Waals surface area contributed by atoms with Crippen LogP contribution in [0.3, 0.4) is 0 Å². The van der Waals surface area contributed by atoms with E-state index in [2.05, 4.69) is 22.5 Å². The molecular formula is C24H30N6O4. The summed E-state index contributed by atoms with van der Waals surface area (Å²) in [6.45, 7) is 4.76. The number of amides is 3. The summed E-state index contributed by atoms with van der Waals surface area (Å²) in [5.41, 5.74) is 3.26. The molecule has 0 spiro atoms. The summed E-state index contributed by atoms with van der Waals surface area (Å²) in [4.78, 5) is 37.1. The molecule has 10 nitrogen and oxygen atoms in total. The van der Waals surface area contributed by atoms with Gasteiger partial charge >= 0.3 is 12.1 Å². The number of nitrogens with one attached hydrogen (secondary N) is 2. The Morgan fingerprint density at radius 3 is 2.62 bits per heavy atom. The number of urea groups is 1. The Morgan fingerprint density at radius 2 is 1.94 bits per heavy atom. The maximum atomic E-state index is 12.2. The molecule has 0 bridgehead atoms. The summed E-state index contributed by atoms with van der Waals surface area (Å²) in [7, 11) is 0. The van der Waals surface area contributed by atoms with Crippen molar-refractivity contribution < 1.29 is 19.4 Å². The van der Waals surface area contributed by atoms with Crippen LogP contribution in [-0.4, -0.2) is 70.5 Å². The number of hydrogen-bond donors (Lipinski definition) is 3. The van der Waals surface area contributed by atoms with E-state index in [0.29, 0.717) is 37.7 Å². The largest absolute Gasteiger partial charge is 0.465 e. The minimum atomic E-state index is -0.942. The number of nitrogens with zero attached hydrogens (tertiary/aromatic N) is 4. The van der Waals surface area contributed by atoms with Crippen molar-refractivity contribution in [1.29, 1.82) is 0 Å². The first-order valence-electron chi connectivity index (χ1n) is 11.9. The van der Waals surface area contributed by atoms with Gasteiger partial charge in [-0.15, -0.1) is 0 Å². The summed E-state index contributed by atoms with van der Waals surface area (Å²) in [6.07, 6.45) is 2.87. The van der Waals surface area contributed by atoms with Gasteiger partial charge in [-0.2, -0.15) is 0 Å². The topological polar surface area (TPSA) is 120 Å². The van der Waals surface area contributed by atoms with Gasteiger partial charge in [0, 0.05) is 35.9 Å². The van der Waals surface area contributed by atoms with E-state index in [1.807, 2.05) is 24.3 Å². The molecule has 5 rings (SSSR count). The van der Waals surface area contributed by atoms with Crippen LogP contribution >= 0.6 is 0 Å². The summed E-state index contributed by atoms with van der Waals surface area (Å²) in [5, 5.41) is 15.3. The van der Waals surface area contributed by atoms with E-state index in [1.165, 1.54) is 4.90 Å². The lowest BCUT2D eigenvalue weighted by Crippen LogP contribution is -2.45. The number of morpholine rings is 1. The molecule has 34 heavy (non-hydrogen) atoms. The summed E-state index contributed by atoms with van der Waals surface area (Å²) < 4.78 is 5.61. The zero-order valence-electron chi connectivity index (χ0n) is 19.3. The normalized spacial score (nSPS) is 20.3. The number of fused-ring (bicyclic) bond motifs is 1. The molecule has 2 aliphatic heterocycles. The van der Waals surface area contributed by atoms with Crippen LogP contribution < -0.4 is 15.5 Å². The Hall–Kier alpha value is -3.40. The minimum absolute atomic E-state index is 0.166. The number of hydrogen-bond acceptors (Lipinski definition) is 6. The number of anilines is 2. The molecule has 3 aliphatic rings. The Bertz CT molecular complexity index is 1070. The van der Waals surface area contributed by atoms with Gasteiger partial charge in [-0.1, -0.05) is 0 Å². The summed E-state index contributed by atoms with van der Waals surface area (Å²) >= 11 is 0. The van der Waals surface area contributed by atoms with E-state index in [1.54, 1.807) is 0 Å². The first-order chi connectivity index (χ1) is 16.5. The standard InChI is InChI=1S/C24H30N6O4/c1-15-14-34-12-11-30(15)22-19-9-10-29(24(32)33)13-20(19)27-21(28-22)16-5-7-18(8-6-16)26-23(31)25-17-3-2-4-17/h5-8,15,17H,2-4,9-14H2,1H3,(H,32,33)(H2,25,26,31). The molecule has 0 radical (unpaired) electrons. The zero-order chi connectivity index (χ0) is 23.7. The fourth-order valence-electron chi connectivity index (χ4n) is 4.59. The number of ether oxygens (including phenoxy) is 1. The lowest BCUT2D eigenvalue weighted by atomic mass is 9.93. The molecule has 2 fully saturated rings. The number of aromatic nitrogens is 2. The van der Waals surface area contributed by atoms with E-state index in [4.69, 9.17) is 14.7 Å². The van der Waals surface area contributed by atoms with E-state index in [9.17, 15) is 14.7 Å². The summed E-state index contributed by atoms with van der Waals surface area (Å²) in [6, 6.07) is 7.67. The van der Waals surface area contributed by atoms with Crippen LogP contribution in [0.2, 0.25) is 0 Å². The van der Waals surface area contributed by atoms with Crippen LogP contribution in [0.1, 0.15) is 37.4 Å². The van der Waals surface area contributed by atoms with Crippen molar-refractivity contribution in [2.45, 2.75) is 51.2 Å². The maximum Gasteiger partial charge on any atom is 0.407 e. The lowest BCUT2D eigenvalue weighted by Gasteiger charge is -2.37. The van der Waals surface area contributed by atoms with Crippen LogP contribution in [0.4, 0.5) is 21.1 Å². The van der Waals surface area contributed by atoms with E-state index < -0.39 is 6.09 Å². The third kappa shape index (κ3) is 4.63. The molecular weight excluding hydrogens is 436 g/mol. The second kappa shape index (κ2) is 9.46. The number of rotatable bonds is 4. The molecule has 1 saturated carbocycles. The third-order valence-electron chi connectivity index (χ3n) is 6.79. The first kappa shape index (κ1) is 22.4. The first-order valence-corrected chi connectivity index (χ1v) is 11.9. The predicted molar refractivity (Wildman–Crippen MR) is 127 cm³/mol. The van der Waals surface area contributed by atoms with Crippen LogP contribution in [0.5, 0.6) is 0 Å². The highest BCUT2D eigenvalue weighted by Gasteiger charge is 2.30. The molecule has 180 valence electrons. The van der Waals surface area contributed by atoms with Gasteiger partial charge in [-0.05, 0) is 56.9 Å². The SMILES string of the molecule is CC1COCCN1c1nc(-c2ccc(NC(=O)NC3CCC3)cc2)nc2c1CCN(C(=O)O)C2. The maximum absolute atomic E-state index is 12.2. The minimum Gasteiger partial charge on any atom is -0.465 e. The Kier molecular flexibility index (Phi) is 6.23. The molecule has 1 atom stereocenters. The Morgan fingerprint density at radius 1 is 1.15 bits per heavy atom. The predicted octanol–water partition coefficient (Wildman–Crippen LogP) is 3.08. The highest BCUT2D eigenvalue weighted by molar-refractivity contribution is 5.89. The fourth-order valence-corrected chi connectivity index (χ4v) is 4.59. The Labute approximate surface area is 198 Å². The molecule has 1 aromatic carbocycles. The van der Waals surface area contributed by atoms with Gasteiger partial charge in [0.05, 0.1) is 31.5 Å². The van der Waals surface area contributed by atoms with E-state index in [0.717, 1.165) is 48.4 Å². The van der Waals surface area contributed by atoms with Crippen molar-refractivity contribution >= 4 is 23.6 Å². The van der Waals surface area contributed by atoms with Crippen LogP contribution in [0.25, 0.3) is 11.4 Å². The molecule has 1 saturated heterocycles. The number of carboxylic acid groups (broad SMARTS) is 1. The molecule has 10 heteroatoms. The van der Waals surface area contributed by atoms with Crippen molar-refractivity contribution in [3.8, 4) is 11.4 Å². The number of carbonyl (C=O) groups excluding carboxylic acids is 1. The number of carbonyl (C=O) groups is 2. The van der Waals surface area contributed by atoms with E-state index in [-0.39, 0.29) is 24.7 Å². The molecule has 1 aromatic heterocycles. The third-order valence-corrected chi connectivity index (χ3v) is 6.79. The highest BCUT2D eigenvalue weighted by Crippen LogP contribution is 2.31. The lowest BCUT2D eigenvalue weighted by molar-refractivity contribution is 0.0983. The quantitative estimate of drug-likeness (QED) is 0.633. The van der Waals surface area contributed by atoms with Gasteiger partial charge in [0.15, 0.2) is 5.82 Å². The van der Waals surface area contributed by atoms with Crippen LogP contribution in [0.15, 0.2) is 24.3 Å². The van der Waals surface area contributed by atoms with Gasteiger partial charge in [-0.3, -0.25) is 0 Å². The van der Waals surface area contributed by atoms with Crippen LogP contribution in [-0.2, 0) is 17.7 Å². The van der Waals surface area contributed by atoms with Crippen LogP contribution in [0, 0.1) is 0 Å². The van der Waals surface area contributed by atoms with Crippen molar-refractivity contribution in [1.82, 2.24) is 20.2 Å². The zero-order valence-corrected chi connectivity index (χ0v) is 19.3. The van der Waals surface area contributed by atoms with Gasteiger partial charge < -0.3 is 30.3 Å². The van der Waals surface area contributed by atoms with Gasteiger partial charge in [0.1, 0.15) is 5.82 Å². The van der Waals surface area contributed by atoms with Crippen molar-refractivity contribution in [3.05, 3.63) is 35.5 Å². The molecule has 1 unspecified atom stereocenters. The number of benzene rings is 1. The molecule has 2 aromatic rings. The van der Waals surface area contributed by atoms with Gasteiger partial charge in [-0.25, -0.2) is 19.6 Å². The van der Waals surface area contributed by atoms with Crippen molar-refractivity contribution in [2.75, 3.05) is 36.5 Å². The molecule has 1 aliphatic carbocycles. The average Bonchev–Trinajstić information content (AvgIpc) is 2.81. The van der Waals surface area contributed by atoms with Crippen molar-refractivity contribution in [3.63, 3.8) is 0 Å². The molecule has 3 heterocycles. The van der Waals surface area contributed by atoms with Gasteiger partial charge in [0.2, 0.25) is 0 Å². The van der Waals surface area contributed by atoms with Gasteiger partial charge in [0.25, 0.3) is 0 Å². The fraction of sp³-hybridized carbons (Fsp3) is 0.500. The molecule has 3 N–H and O–H groups in total.